The lowest BCUT2D eigenvalue weighted by Crippen LogP contribution is -2.34. The van der Waals surface area contributed by atoms with Crippen molar-refractivity contribution in [2.45, 2.75) is 50.7 Å². The Morgan fingerprint density at radius 1 is 1.32 bits per heavy atom. The van der Waals surface area contributed by atoms with Crippen molar-refractivity contribution in [2.24, 2.45) is 0 Å². The van der Waals surface area contributed by atoms with E-state index in [-0.39, 0.29) is 0 Å². The minimum absolute atomic E-state index is 0.510. The SMILES string of the molecule is CC(C)(C)OC(=O)Nc1cccc(C2(C(O)C(=O)O)CC2)c1. The van der Waals surface area contributed by atoms with Crippen LogP contribution in [0, 0.1) is 0 Å². The summed E-state index contributed by atoms with van der Waals surface area (Å²) in [5.41, 5.74) is -0.136. The van der Waals surface area contributed by atoms with Crippen LogP contribution in [0.25, 0.3) is 0 Å². The minimum atomic E-state index is -1.44. The van der Waals surface area contributed by atoms with Gasteiger partial charge in [-0.2, -0.15) is 0 Å². The summed E-state index contributed by atoms with van der Waals surface area (Å²) in [5.74, 6) is -1.23. The van der Waals surface area contributed by atoms with Gasteiger partial charge in [-0.1, -0.05) is 12.1 Å². The number of nitrogens with one attached hydrogen (secondary N) is 1. The second-order valence-corrected chi connectivity index (χ2v) is 6.60. The Kier molecular flexibility index (Phi) is 4.15. The molecule has 1 aromatic carbocycles. The van der Waals surface area contributed by atoms with Crippen molar-refractivity contribution in [3.05, 3.63) is 29.8 Å². The lowest BCUT2D eigenvalue weighted by Gasteiger charge is -2.21. The topological polar surface area (TPSA) is 95.9 Å². The van der Waals surface area contributed by atoms with Crippen molar-refractivity contribution in [3.8, 4) is 0 Å². The van der Waals surface area contributed by atoms with Crippen molar-refractivity contribution in [3.63, 3.8) is 0 Å². The number of carboxylic acid groups (broad SMARTS) is 1. The molecule has 0 heterocycles. The fourth-order valence-corrected chi connectivity index (χ4v) is 2.42. The fraction of sp³-hybridized carbons (Fsp3) is 0.500. The van der Waals surface area contributed by atoms with Gasteiger partial charge in [0.05, 0.1) is 0 Å². The maximum Gasteiger partial charge on any atom is 0.412 e. The van der Waals surface area contributed by atoms with Gasteiger partial charge < -0.3 is 14.9 Å². The van der Waals surface area contributed by atoms with Gasteiger partial charge in [0.1, 0.15) is 5.60 Å². The molecule has 1 aromatic rings. The van der Waals surface area contributed by atoms with Gasteiger partial charge in [0.15, 0.2) is 6.10 Å². The van der Waals surface area contributed by atoms with Crippen LogP contribution in [0.3, 0.4) is 0 Å². The number of carboxylic acids is 1. The lowest BCUT2D eigenvalue weighted by atomic mass is 9.89. The number of carbonyl (C=O) groups is 2. The molecule has 1 saturated carbocycles. The van der Waals surface area contributed by atoms with Crippen LogP contribution < -0.4 is 5.32 Å². The number of benzene rings is 1. The van der Waals surface area contributed by atoms with Gasteiger partial charge in [0, 0.05) is 11.1 Å². The smallest absolute Gasteiger partial charge is 0.412 e. The van der Waals surface area contributed by atoms with Crippen LogP contribution in [-0.2, 0) is 14.9 Å². The highest BCUT2D eigenvalue weighted by atomic mass is 16.6. The van der Waals surface area contributed by atoms with Crippen LogP contribution in [-0.4, -0.2) is 34.0 Å². The van der Waals surface area contributed by atoms with Gasteiger partial charge in [0.25, 0.3) is 0 Å². The molecule has 0 radical (unpaired) electrons. The summed E-state index contributed by atoms with van der Waals surface area (Å²) in [6, 6.07) is 6.86. The van der Waals surface area contributed by atoms with E-state index < -0.39 is 29.2 Å². The molecule has 22 heavy (non-hydrogen) atoms. The molecule has 120 valence electrons. The normalized spacial score (nSPS) is 17.5. The Morgan fingerprint density at radius 3 is 2.45 bits per heavy atom. The third-order valence-corrected chi connectivity index (χ3v) is 3.63. The zero-order chi connectivity index (χ0) is 16.5. The molecule has 6 nitrogen and oxygen atoms in total. The maximum atomic E-state index is 11.8. The Hall–Kier alpha value is -2.08. The molecular formula is C16H21NO5. The van der Waals surface area contributed by atoms with E-state index >= 15 is 0 Å². The van der Waals surface area contributed by atoms with E-state index in [0.717, 1.165) is 0 Å². The first-order valence-corrected chi connectivity index (χ1v) is 7.15. The van der Waals surface area contributed by atoms with E-state index in [0.29, 0.717) is 24.1 Å². The number of aliphatic hydroxyl groups is 1. The van der Waals surface area contributed by atoms with Crippen molar-refractivity contribution in [1.82, 2.24) is 0 Å². The predicted molar refractivity (Wildman–Crippen MR) is 80.9 cm³/mol. The molecule has 0 bridgehead atoms. The Bertz CT molecular complexity index is 586. The van der Waals surface area contributed by atoms with Gasteiger partial charge in [-0.05, 0) is 51.3 Å². The molecule has 0 spiro atoms. The van der Waals surface area contributed by atoms with Gasteiger partial charge in [0.2, 0.25) is 0 Å². The number of hydrogen-bond donors (Lipinski definition) is 3. The molecule has 1 atom stereocenters. The summed E-state index contributed by atoms with van der Waals surface area (Å²) >= 11 is 0. The summed E-state index contributed by atoms with van der Waals surface area (Å²) in [5, 5.41) is 21.5. The predicted octanol–water partition coefficient (Wildman–Crippen LogP) is 2.51. The average Bonchev–Trinajstić information content (AvgIpc) is 3.17. The van der Waals surface area contributed by atoms with Gasteiger partial charge in [-0.3, -0.25) is 5.32 Å². The van der Waals surface area contributed by atoms with Crippen LogP contribution in [0.1, 0.15) is 39.2 Å². The Morgan fingerprint density at radius 2 is 1.95 bits per heavy atom. The van der Waals surface area contributed by atoms with Crippen LogP contribution in [0.15, 0.2) is 24.3 Å². The molecule has 3 N–H and O–H groups in total. The Labute approximate surface area is 129 Å². The number of ether oxygens (including phenoxy) is 1. The highest BCUT2D eigenvalue weighted by molar-refractivity contribution is 5.85. The first-order chi connectivity index (χ1) is 10.1. The van der Waals surface area contributed by atoms with Crippen molar-refractivity contribution >= 4 is 17.7 Å². The number of amides is 1. The summed E-state index contributed by atoms with van der Waals surface area (Å²) in [7, 11) is 0. The molecule has 1 amide bonds. The molecule has 0 saturated heterocycles. The van der Waals surface area contributed by atoms with Crippen molar-refractivity contribution in [1.29, 1.82) is 0 Å². The number of hydrogen-bond acceptors (Lipinski definition) is 4. The first kappa shape index (κ1) is 16.3. The second kappa shape index (κ2) is 5.61. The standard InChI is InChI=1S/C16H21NO5/c1-15(2,3)22-14(21)17-11-6-4-5-10(9-11)16(7-8-16)12(18)13(19)20/h4-6,9,12,18H,7-8H2,1-3H3,(H,17,21)(H,19,20). The van der Waals surface area contributed by atoms with E-state index in [4.69, 9.17) is 9.84 Å². The summed E-state index contributed by atoms with van der Waals surface area (Å²) in [6.45, 7) is 5.31. The van der Waals surface area contributed by atoms with Gasteiger partial charge >= 0.3 is 12.1 Å². The number of aliphatic carboxylic acids is 1. The van der Waals surface area contributed by atoms with Crippen LogP contribution in [0.2, 0.25) is 0 Å². The summed E-state index contributed by atoms with van der Waals surface area (Å²) in [4.78, 5) is 22.8. The minimum Gasteiger partial charge on any atom is -0.479 e. The summed E-state index contributed by atoms with van der Waals surface area (Å²) in [6.07, 6.45) is -0.801. The monoisotopic (exact) mass is 307 g/mol. The van der Waals surface area contributed by atoms with Crippen molar-refractivity contribution in [2.75, 3.05) is 5.32 Å². The van der Waals surface area contributed by atoms with E-state index in [2.05, 4.69) is 5.32 Å². The number of rotatable bonds is 4. The van der Waals surface area contributed by atoms with E-state index in [1.165, 1.54) is 0 Å². The van der Waals surface area contributed by atoms with Gasteiger partial charge in [-0.15, -0.1) is 0 Å². The molecule has 0 aromatic heterocycles. The molecular weight excluding hydrogens is 286 g/mol. The molecule has 0 aliphatic heterocycles. The zero-order valence-electron chi connectivity index (χ0n) is 12.9. The highest BCUT2D eigenvalue weighted by Crippen LogP contribution is 2.51. The largest absolute Gasteiger partial charge is 0.479 e. The molecule has 2 rings (SSSR count). The van der Waals surface area contributed by atoms with E-state index in [9.17, 15) is 14.7 Å². The molecule has 1 unspecified atom stereocenters. The maximum absolute atomic E-state index is 11.8. The van der Waals surface area contributed by atoms with E-state index in [1.54, 1.807) is 45.0 Å². The van der Waals surface area contributed by atoms with Crippen LogP contribution in [0.4, 0.5) is 10.5 Å². The summed E-state index contributed by atoms with van der Waals surface area (Å²) < 4.78 is 5.17. The fourth-order valence-electron chi connectivity index (χ4n) is 2.42. The quantitative estimate of drug-likeness (QED) is 0.794. The third kappa shape index (κ3) is 3.57. The number of anilines is 1. The third-order valence-electron chi connectivity index (χ3n) is 3.63. The highest BCUT2D eigenvalue weighted by Gasteiger charge is 2.53. The molecule has 1 fully saturated rings. The molecule has 6 heteroatoms. The second-order valence-electron chi connectivity index (χ2n) is 6.60. The molecule has 1 aliphatic carbocycles. The van der Waals surface area contributed by atoms with Crippen LogP contribution >= 0.6 is 0 Å². The zero-order valence-corrected chi connectivity index (χ0v) is 12.9. The van der Waals surface area contributed by atoms with Gasteiger partial charge in [-0.25, -0.2) is 9.59 Å². The lowest BCUT2D eigenvalue weighted by molar-refractivity contribution is -0.148. The average molecular weight is 307 g/mol. The van der Waals surface area contributed by atoms with E-state index in [1.807, 2.05) is 0 Å². The van der Waals surface area contributed by atoms with Crippen molar-refractivity contribution < 1.29 is 24.5 Å². The van der Waals surface area contributed by atoms with Crippen LogP contribution in [0.5, 0.6) is 0 Å². The Balaban J connectivity index is 2.14. The number of carbonyl (C=O) groups excluding carboxylic acids is 1. The first-order valence-electron chi connectivity index (χ1n) is 7.15. The molecule has 1 aliphatic rings. The number of aliphatic hydroxyl groups excluding tert-OH is 1.